The molecule has 5 heteroatoms. The van der Waals surface area contributed by atoms with Gasteiger partial charge in [-0.25, -0.2) is 4.39 Å². The first-order chi connectivity index (χ1) is 8.61. The summed E-state index contributed by atoms with van der Waals surface area (Å²) in [5.74, 6) is -1.06. The van der Waals surface area contributed by atoms with Crippen LogP contribution in [-0.2, 0) is 0 Å². The second-order valence-corrected chi connectivity index (χ2v) is 4.58. The molecule has 1 aromatic rings. The molecule has 1 saturated heterocycles. The van der Waals surface area contributed by atoms with Crippen molar-refractivity contribution in [1.82, 2.24) is 9.80 Å². The van der Waals surface area contributed by atoms with Gasteiger partial charge in [-0.1, -0.05) is 6.07 Å². The number of benzene rings is 1. The number of nitriles is 1. The lowest BCUT2D eigenvalue weighted by Crippen LogP contribution is -2.45. The molecule has 0 aliphatic carbocycles. The van der Waals surface area contributed by atoms with Crippen molar-refractivity contribution in [3.05, 3.63) is 29.6 Å². The van der Waals surface area contributed by atoms with Crippen LogP contribution in [0.2, 0.25) is 0 Å². The molecule has 1 atom stereocenters. The normalized spacial score (nSPS) is 19.4. The maximum Gasteiger partial charge on any atom is 0.165 e. The molecular weight excluding hydrogens is 233 g/mol. The molecule has 0 radical (unpaired) electrons. The van der Waals surface area contributed by atoms with Crippen molar-refractivity contribution in [2.24, 2.45) is 0 Å². The van der Waals surface area contributed by atoms with E-state index in [0.717, 1.165) is 26.2 Å². The summed E-state index contributed by atoms with van der Waals surface area (Å²) in [7, 11) is 2.04. The fraction of sp³-hybridized carbons (Fsp3) is 0.462. The predicted molar refractivity (Wildman–Crippen MR) is 65.5 cm³/mol. The molecule has 1 aromatic carbocycles. The van der Waals surface area contributed by atoms with Crippen LogP contribution in [0.3, 0.4) is 0 Å². The SMILES string of the molecule is CN1CCN(C(C#N)c2ccc(O)c(F)c2)CC1. The maximum atomic E-state index is 13.3. The minimum atomic E-state index is -0.679. The topological polar surface area (TPSA) is 50.5 Å². The second-order valence-electron chi connectivity index (χ2n) is 4.58. The maximum absolute atomic E-state index is 13.3. The van der Waals surface area contributed by atoms with Gasteiger partial charge < -0.3 is 10.0 Å². The van der Waals surface area contributed by atoms with Crippen molar-refractivity contribution in [2.45, 2.75) is 6.04 Å². The lowest BCUT2D eigenvalue weighted by atomic mass is 10.1. The van der Waals surface area contributed by atoms with Gasteiger partial charge in [0.15, 0.2) is 11.6 Å². The van der Waals surface area contributed by atoms with E-state index in [4.69, 9.17) is 5.11 Å². The van der Waals surface area contributed by atoms with Crippen LogP contribution in [0.15, 0.2) is 18.2 Å². The standard InChI is InChI=1S/C13H16FN3O/c1-16-4-6-17(7-5-16)12(9-15)10-2-3-13(18)11(14)8-10/h2-3,8,12,18H,4-7H2,1H3. The number of hydrogen-bond acceptors (Lipinski definition) is 4. The van der Waals surface area contributed by atoms with Crippen molar-refractivity contribution in [2.75, 3.05) is 33.2 Å². The van der Waals surface area contributed by atoms with Crippen molar-refractivity contribution in [3.63, 3.8) is 0 Å². The molecular formula is C13H16FN3O. The average molecular weight is 249 g/mol. The summed E-state index contributed by atoms with van der Waals surface area (Å²) in [6.45, 7) is 3.38. The Morgan fingerprint density at radius 2 is 2.00 bits per heavy atom. The molecule has 0 saturated carbocycles. The minimum Gasteiger partial charge on any atom is -0.505 e. The Bertz CT molecular complexity index is 464. The molecule has 2 rings (SSSR count). The van der Waals surface area contributed by atoms with Crippen molar-refractivity contribution in [3.8, 4) is 11.8 Å². The number of aromatic hydroxyl groups is 1. The fourth-order valence-electron chi connectivity index (χ4n) is 2.14. The Hall–Kier alpha value is -1.64. The van der Waals surface area contributed by atoms with Gasteiger partial charge in [0.2, 0.25) is 0 Å². The van der Waals surface area contributed by atoms with E-state index in [1.807, 2.05) is 11.9 Å². The Balaban J connectivity index is 2.18. The van der Waals surface area contributed by atoms with Gasteiger partial charge in [0.25, 0.3) is 0 Å². The van der Waals surface area contributed by atoms with Gasteiger partial charge in [-0.15, -0.1) is 0 Å². The molecule has 96 valence electrons. The van der Waals surface area contributed by atoms with E-state index < -0.39 is 11.9 Å². The molecule has 1 unspecified atom stereocenters. The van der Waals surface area contributed by atoms with Gasteiger partial charge in [-0.2, -0.15) is 5.26 Å². The Morgan fingerprint density at radius 1 is 1.33 bits per heavy atom. The Morgan fingerprint density at radius 3 is 2.56 bits per heavy atom. The molecule has 1 aliphatic rings. The van der Waals surface area contributed by atoms with Gasteiger partial charge in [-0.05, 0) is 24.7 Å². The molecule has 18 heavy (non-hydrogen) atoms. The van der Waals surface area contributed by atoms with E-state index in [-0.39, 0.29) is 5.75 Å². The number of rotatable bonds is 2. The summed E-state index contributed by atoms with van der Waals surface area (Å²) >= 11 is 0. The zero-order chi connectivity index (χ0) is 13.1. The van der Waals surface area contributed by atoms with Crippen molar-refractivity contribution >= 4 is 0 Å². The van der Waals surface area contributed by atoms with E-state index in [0.29, 0.717) is 5.56 Å². The highest BCUT2D eigenvalue weighted by atomic mass is 19.1. The summed E-state index contributed by atoms with van der Waals surface area (Å²) in [5.41, 5.74) is 0.595. The summed E-state index contributed by atoms with van der Waals surface area (Å²) in [5, 5.41) is 18.4. The lowest BCUT2D eigenvalue weighted by molar-refractivity contribution is 0.132. The summed E-state index contributed by atoms with van der Waals surface area (Å²) in [6.07, 6.45) is 0. The van der Waals surface area contributed by atoms with Gasteiger partial charge in [0.05, 0.1) is 6.07 Å². The summed E-state index contributed by atoms with van der Waals surface area (Å²) < 4.78 is 13.3. The number of phenolic OH excluding ortho intramolecular Hbond substituents is 1. The minimum absolute atomic E-state index is 0.381. The van der Waals surface area contributed by atoms with E-state index in [1.54, 1.807) is 6.07 Å². The number of phenols is 1. The van der Waals surface area contributed by atoms with Crippen LogP contribution in [0.5, 0.6) is 5.75 Å². The largest absolute Gasteiger partial charge is 0.505 e. The van der Waals surface area contributed by atoms with Gasteiger partial charge in [-0.3, -0.25) is 4.90 Å². The van der Waals surface area contributed by atoms with Crippen molar-refractivity contribution < 1.29 is 9.50 Å². The molecule has 4 nitrogen and oxygen atoms in total. The predicted octanol–water partition coefficient (Wildman–Crippen LogP) is 1.34. The number of nitrogens with zero attached hydrogens (tertiary/aromatic N) is 3. The van der Waals surface area contributed by atoms with Crippen LogP contribution in [0.4, 0.5) is 4.39 Å². The number of likely N-dealkylation sites (N-methyl/N-ethyl adjacent to an activating group) is 1. The monoisotopic (exact) mass is 249 g/mol. The Kier molecular flexibility index (Phi) is 3.80. The number of piperazine rings is 1. The molecule has 1 N–H and O–H groups in total. The highest BCUT2D eigenvalue weighted by Crippen LogP contribution is 2.25. The van der Waals surface area contributed by atoms with Crippen LogP contribution in [-0.4, -0.2) is 48.1 Å². The summed E-state index contributed by atoms with van der Waals surface area (Å²) in [6, 6.07) is 5.89. The fourth-order valence-corrected chi connectivity index (χ4v) is 2.14. The smallest absolute Gasteiger partial charge is 0.165 e. The van der Waals surface area contributed by atoms with Gasteiger partial charge in [0.1, 0.15) is 6.04 Å². The lowest BCUT2D eigenvalue weighted by Gasteiger charge is -2.35. The quantitative estimate of drug-likeness (QED) is 0.859. The van der Waals surface area contributed by atoms with Crippen LogP contribution in [0, 0.1) is 17.1 Å². The van der Waals surface area contributed by atoms with Gasteiger partial charge >= 0.3 is 0 Å². The highest BCUT2D eigenvalue weighted by Gasteiger charge is 2.24. The van der Waals surface area contributed by atoms with Crippen LogP contribution < -0.4 is 0 Å². The first-order valence-electron chi connectivity index (χ1n) is 5.92. The Labute approximate surface area is 106 Å². The molecule has 1 heterocycles. The van der Waals surface area contributed by atoms with Crippen LogP contribution >= 0.6 is 0 Å². The third-order valence-electron chi connectivity index (χ3n) is 3.31. The van der Waals surface area contributed by atoms with E-state index in [9.17, 15) is 9.65 Å². The van der Waals surface area contributed by atoms with E-state index >= 15 is 0 Å². The third kappa shape index (κ3) is 2.61. The molecule has 0 aromatic heterocycles. The third-order valence-corrected chi connectivity index (χ3v) is 3.31. The van der Waals surface area contributed by atoms with Crippen LogP contribution in [0.25, 0.3) is 0 Å². The first-order valence-corrected chi connectivity index (χ1v) is 5.92. The highest BCUT2D eigenvalue weighted by molar-refractivity contribution is 5.32. The second kappa shape index (κ2) is 5.34. The summed E-state index contributed by atoms with van der Waals surface area (Å²) in [4.78, 5) is 4.23. The van der Waals surface area contributed by atoms with E-state index in [2.05, 4.69) is 11.0 Å². The number of halogens is 1. The molecule has 1 aliphatic heterocycles. The molecule has 0 bridgehead atoms. The van der Waals surface area contributed by atoms with Gasteiger partial charge in [0, 0.05) is 26.2 Å². The number of hydrogen-bond donors (Lipinski definition) is 1. The van der Waals surface area contributed by atoms with E-state index in [1.165, 1.54) is 12.1 Å². The average Bonchev–Trinajstić information content (AvgIpc) is 2.37. The molecule has 1 fully saturated rings. The van der Waals surface area contributed by atoms with Crippen LogP contribution in [0.1, 0.15) is 11.6 Å². The zero-order valence-electron chi connectivity index (χ0n) is 10.3. The first kappa shape index (κ1) is 12.8. The zero-order valence-corrected chi connectivity index (χ0v) is 10.3. The molecule has 0 amide bonds. The molecule has 0 spiro atoms. The van der Waals surface area contributed by atoms with Crippen molar-refractivity contribution in [1.29, 1.82) is 5.26 Å².